The summed E-state index contributed by atoms with van der Waals surface area (Å²) in [6, 6.07) is 0.717. The van der Waals surface area contributed by atoms with Gasteiger partial charge in [-0.05, 0) is 61.9 Å². The van der Waals surface area contributed by atoms with E-state index in [0.29, 0.717) is 11.5 Å². The lowest BCUT2D eigenvalue weighted by molar-refractivity contribution is 0.0662. The number of rotatable bonds is 5. The second-order valence-electron chi connectivity index (χ2n) is 8.73. The highest BCUT2D eigenvalue weighted by atomic mass is 15.1. The molecule has 0 aromatic carbocycles. The Labute approximate surface area is 133 Å². The van der Waals surface area contributed by atoms with Crippen LogP contribution in [0.1, 0.15) is 66.7 Å². The van der Waals surface area contributed by atoms with Crippen LogP contribution < -0.4 is 5.32 Å². The van der Waals surface area contributed by atoms with Crippen molar-refractivity contribution in [2.45, 2.75) is 72.8 Å². The van der Waals surface area contributed by atoms with Gasteiger partial charge in [0, 0.05) is 19.1 Å². The molecule has 2 heteroatoms. The Morgan fingerprint density at radius 3 is 2.48 bits per heavy atom. The zero-order chi connectivity index (χ0) is 15.5. The number of hydrogen-bond acceptors (Lipinski definition) is 2. The third-order valence-corrected chi connectivity index (χ3v) is 6.22. The number of likely N-dealkylation sites (tertiary alicyclic amines) is 1. The van der Waals surface area contributed by atoms with E-state index in [4.69, 9.17) is 0 Å². The van der Waals surface area contributed by atoms with E-state index in [9.17, 15) is 0 Å². The molecule has 2 aliphatic rings. The number of hydrogen-bond donors (Lipinski definition) is 1. The molecule has 0 amide bonds. The number of piperidine rings is 2. The van der Waals surface area contributed by atoms with Crippen LogP contribution in [0.15, 0.2) is 0 Å². The first-order valence-electron chi connectivity index (χ1n) is 9.36. The highest BCUT2D eigenvalue weighted by Crippen LogP contribution is 2.32. The van der Waals surface area contributed by atoms with Crippen LogP contribution in [0.2, 0.25) is 0 Å². The highest BCUT2D eigenvalue weighted by Gasteiger charge is 2.34. The zero-order valence-corrected chi connectivity index (χ0v) is 15.1. The molecule has 0 radical (unpaired) electrons. The van der Waals surface area contributed by atoms with Crippen LogP contribution in [-0.2, 0) is 0 Å². The van der Waals surface area contributed by atoms with Gasteiger partial charge in [-0.3, -0.25) is 0 Å². The molecular formula is C19H38N2. The Morgan fingerprint density at radius 1 is 1.10 bits per heavy atom. The minimum atomic E-state index is 0.406. The maximum Gasteiger partial charge on any atom is 0.0130 e. The van der Waals surface area contributed by atoms with Crippen molar-refractivity contribution in [2.24, 2.45) is 23.2 Å². The van der Waals surface area contributed by atoms with Gasteiger partial charge < -0.3 is 10.2 Å². The highest BCUT2D eigenvalue weighted by molar-refractivity contribution is 4.90. The van der Waals surface area contributed by atoms with Gasteiger partial charge in [0.25, 0.3) is 0 Å². The first-order valence-corrected chi connectivity index (χ1v) is 9.36. The van der Waals surface area contributed by atoms with Crippen molar-refractivity contribution in [1.29, 1.82) is 0 Å². The maximum absolute atomic E-state index is 3.77. The average Bonchev–Trinajstić information content (AvgIpc) is 2.47. The smallest absolute Gasteiger partial charge is 0.0130 e. The normalized spacial score (nSPS) is 30.6. The van der Waals surface area contributed by atoms with E-state index in [1.165, 1.54) is 58.3 Å². The molecule has 0 aromatic rings. The van der Waals surface area contributed by atoms with Crippen molar-refractivity contribution >= 4 is 0 Å². The third-order valence-electron chi connectivity index (χ3n) is 6.22. The summed E-state index contributed by atoms with van der Waals surface area (Å²) in [5, 5.41) is 3.77. The fourth-order valence-corrected chi connectivity index (χ4v) is 4.41. The second-order valence-corrected chi connectivity index (χ2v) is 8.73. The summed E-state index contributed by atoms with van der Waals surface area (Å²) >= 11 is 0. The van der Waals surface area contributed by atoms with Gasteiger partial charge >= 0.3 is 0 Å². The molecular weight excluding hydrogens is 256 g/mol. The Balaban J connectivity index is 1.89. The maximum atomic E-state index is 3.77. The molecule has 0 spiro atoms. The molecule has 3 unspecified atom stereocenters. The molecule has 0 bridgehead atoms. The molecule has 0 aliphatic carbocycles. The predicted octanol–water partition coefficient (Wildman–Crippen LogP) is 4.16. The van der Waals surface area contributed by atoms with Crippen LogP contribution in [0.3, 0.4) is 0 Å². The van der Waals surface area contributed by atoms with Gasteiger partial charge in [0.1, 0.15) is 0 Å². The molecule has 21 heavy (non-hydrogen) atoms. The Morgan fingerprint density at radius 2 is 1.86 bits per heavy atom. The lowest BCUT2D eigenvalue weighted by atomic mass is 9.77. The minimum Gasteiger partial charge on any atom is -0.313 e. The predicted molar refractivity (Wildman–Crippen MR) is 92.6 cm³/mol. The zero-order valence-electron chi connectivity index (χ0n) is 15.1. The molecule has 2 rings (SSSR count). The van der Waals surface area contributed by atoms with Crippen LogP contribution in [0.5, 0.6) is 0 Å². The first kappa shape index (κ1) is 17.3. The topological polar surface area (TPSA) is 15.3 Å². The molecule has 1 N–H and O–H groups in total. The molecule has 0 saturated carbocycles. The number of nitrogens with one attached hydrogen (secondary N) is 1. The largest absolute Gasteiger partial charge is 0.313 e. The quantitative estimate of drug-likeness (QED) is 0.819. The van der Waals surface area contributed by atoms with Crippen molar-refractivity contribution in [1.82, 2.24) is 10.2 Å². The van der Waals surface area contributed by atoms with Crippen LogP contribution in [0.4, 0.5) is 0 Å². The summed E-state index contributed by atoms with van der Waals surface area (Å²) in [6.45, 7) is 17.3. The van der Waals surface area contributed by atoms with Crippen LogP contribution >= 0.6 is 0 Å². The third kappa shape index (κ3) is 4.69. The Kier molecular flexibility index (Phi) is 6.14. The van der Waals surface area contributed by atoms with E-state index in [1.54, 1.807) is 0 Å². The molecule has 0 aromatic heterocycles. The standard InChI is InChI=1S/C19H38N2/c1-15(2)16(3)17-9-8-12-21(13-17)14-19(4,5)18-10-6-7-11-20-18/h15-18,20H,6-14H2,1-5H3. The van der Waals surface area contributed by atoms with Crippen molar-refractivity contribution in [2.75, 3.05) is 26.2 Å². The van der Waals surface area contributed by atoms with Gasteiger partial charge in [0.2, 0.25) is 0 Å². The summed E-state index contributed by atoms with van der Waals surface area (Å²) in [6.07, 6.45) is 6.99. The second kappa shape index (κ2) is 7.46. The van der Waals surface area contributed by atoms with Gasteiger partial charge in [-0.1, -0.05) is 41.0 Å². The van der Waals surface area contributed by atoms with Crippen LogP contribution in [-0.4, -0.2) is 37.1 Å². The van der Waals surface area contributed by atoms with E-state index in [-0.39, 0.29) is 0 Å². The average molecular weight is 295 g/mol. The van der Waals surface area contributed by atoms with Gasteiger partial charge in [-0.2, -0.15) is 0 Å². The molecule has 3 atom stereocenters. The summed E-state index contributed by atoms with van der Waals surface area (Å²) in [5.41, 5.74) is 0.406. The Bertz CT molecular complexity index is 305. The van der Waals surface area contributed by atoms with Crippen molar-refractivity contribution in [3.05, 3.63) is 0 Å². The van der Waals surface area contributed by atoms with Crippen LogP contribution in [0, 0.1) is 23.2 Å². The molecule has 2 heterocycles. The fourth-order valence-electron chi connectivity index (χ4n) is 4.41. The molecule has 124 valence electrons. The van der Waals surface area contributed by atoms with Crippen molar-refractivity contribution in [3.8, 4) is 0 Å². The summed E-state index contributed by atoms with van der Waals surface area (Å²) < 4.78 is 0. The molecule has 2 fully saturated rings. The van der Waals surface area contributed by atoms with Gasteiger partial charge in [-0.25, -0.2) is 0 Å². The summed E-state index contributed by atoms with van der Waals surface area (Å²) in [7, 11) is 0. The van der Waals surface area contributed by atoms with Gasteiger partial charge in [0.15, 0.2) is 0 Å². The van der Waals surface area contributed by atoms with Gasteiger partial charge in [-0.15, -0.1) is 0 Å². The molecule has 2 saturated heterocycles. The lowest BCUT2D eigenvalue weighted by Gasteiger charge is -2.44. The molecule has 2 nitrogen and oxygen atoms in total. The molecule has 2 aliphatic heterocycles. The SMILES string of the molecule is CC(C)C(C)C1CCCN(CC(C)(C)C2CCCCN2)C1. The van der Waals surface area contributed by atoms with E-state index >= 15 is 0 Å². The van der Waals surface area contributed by atoms with E-state index in [2.05, 4.69) is 44.8 Å². The Hall–Kier alpha value is -0.0800. The van der Waals surface area contributed by atoms with Gasteiger partial charge in [0.05, 0.1) is 0 Å². The van der Waals surface area contributed by atoms with Crippen molar-refractivity contribution in [3.63, 3.8) is 0 Å². The lowest BCUT2D eigenvalue weighted by Crippen LogP contribution is -2.52. The fraction of sp³-hybridized carbons (Fsp3) is 1.00. The van der Waals surface area contributed by atoms with Crippen LogP contribution in [0.25, 0.3) is 0 Å². The van der Waals surface area contributed by atoms with E-state index < -0.39 is 0 Å². The monoisotopic (exact) mass is 294 g/mol. The van der Waals surface area contributed by atoms with E-state index in [1.807, 2.05) is 0 Å². The number of nitrogens with zero attached hydrogens (tertiary/aromatic N) is 1. The van der Waals surface area contributed by atoms with E-state index in [0.717, 1.165) is 17.8 Å². The first-order chi connectivity index (χ1) is 9.90. The minimum absolute atomic E-state index is 0.406. The summed E-state index contributed by atoms with van der Waals surface area (Å²) in [4.78, 5) is 2.77. The summed E-state index contributed by atoms with van der Waals surface area (Å²) in [5.74, 6) is 2.60. The van der Waals surface area contributed by atoms with Crippen molar-refractivity contribution < 1.29 is 0 Å².